The normalized spacial score (nSPS) is 13.6. The van der Waals surface area contributed by atoms with Gasteiger partial charge in [0.1, 0.15) is 0 Å². The zero-order chi connectivity index (χ0) is 13.3. The first-order valence-corrected chi connectivity index (χ1v) is 5.12. The minimum Gasteiger partial charge on any atom is -0.454 e. The second-order valence-electron chi connectivity index (χ2n) is 3.81. The number of benzene rings is 1. The maximum Gasteiger partial charge on any atom is 0.471 e. The molecular formula is C11H10F3NO3. The molecule has 0 saturated heterocycles. The van der Waals surface area contributed by atoms with Gasteiger partial charge in [-0.1, -0.05) is 0 Å². The molecule has 0 radical (unpaired) electrons. The van der Waals surface area contributed by atoms with E-state index in [-0.39, 0.29) is 13.3 Å². The SMILES string of the molecule is Cc1cc2c(cc1CNC(=O)C(F)(F)F)OCO2. The summed E-state index contributed by atoms with van der Waals surface area (Å²) in [7, 11) is 0. The van der Waals surface area contributed by atoms with Gasteiger partial charge in [-0.3, -0.25) is 4.79 Å². The number of hydrogen-bond acceptors (Lipinski definition) is 3. The smallest absolute Gasteiger partial charge is 0.454 e. The van der Waals surface area contributed by atoms with E-state index in [1.165, 1.54) is 0 Å². The summed E-state index contributed by atoms with van der Waals surface area (Å²) in [6.45, 7) is 1.60. The van der Waals surface area contributed by atoms with Crippen molar-refractivity contribution in [3.8, 4) is 11.5 Å². The highest BCUT2D eigenvalue weighted by Gasteiger charge is 2.38. The minimum absolute atomic E-state index is 0.0904. The standard InChI is InChI=1S/C11H10F3NO3/c1-6-2-8-9(18-5-17-8)3-7(6)4-15-10(16)11(12,13)14/h2-3H,4-5H2,1H3,(H,15,16). The van der Waals surface area contributed by atoms with Gasteiger partial charge in [0, 0.05) is 6.54 Å². The van der Waals surface area contributed by atoms with Gasteiger partial charge < -0.3 is 14.8 Å². The number of hydrogen-bond donors (Lipinski definition) is 1. The number of amides is 1. The Labute approximate surface area is 101 Å². The maximum absolute atomic E-state index is 12.0. The lowest BCUT2D eigenvalue weighted by Gasteiger charge is -2.10. The fourth-order valence-electron chi connectivity index (χ4n) is 1.55. The lowest BCUT2D eigenvalue weighted by molar-refractivity contribution is -0.173. The molecule has 1 heterocycles. The average Bonchev–Trinajstić information content (AvgIpc) is 2.70. The summed E-state index contributed by atoms with van der Waals surface area (Å²) in [5.41, 5.74) is 1.28. The second kappa shape index (κ2) is 4.40. The summed E-state index contributed by atoms with van der Waals surface area (Å²) in [6, 6.07) is 3.23. The first-order valence-electron chi connectivity index (χ1n) is 5.12. The van der Waals surface area contributed by atoms with Crippen LogP contribution in [0.5, 0.6) is 11.5 Å². The Morgan fingerprint density at radius 3 is 2.56 bits per heavy atom. The topological polar surface area (TPSA) is 47.6 Å². The largest absolute Gasteiger partial charge is 0.471 e. The summed E-state index contributed by atoms with van der Waals surface area (Å²) in [5.74, 6) is -0.935. The van der Waals surface area contributed by atoms with Crippen LogP contribution >= 0.6 is 0 Å². The second-order valence-corrected chi connectivity index (χ2v) is 3.81. The summed E-state index contributed by atoms with van der Waals surface area (Å²) >= 11 is 0. The van der Waals surface area contributed by atoms with Crippen LogP contribution in [0.1, 0.15) is 11.1 Å². The molecule has 1 aliphatic rings. The quantitative estimate of drug-likeness (QED) is 0.884. The highest BCUT2D eigenvalue weighted by Crippen LogP contribution is 2.34. The van der Waals surface area contributed by atoms with Gasteiger partial charge in [0.2, 0.25) is 6.79 Å². The molecule has 1 aromatic rings. The molecule has 0 unspecified atom stereocenters. The molecule has 4 nitrogen and oxygen atoms in total. The molecule has 2 rings (SSSR count). The molecule has 1 aliphatic heterocycles. The van der Waals surface area contributed by atoms with Crippen molar-refractivity contribution in [1.82, 2.24) is 5.32 Å². The Morgan fingerprint density at radius 1 is 1.33 bits per heavy atom. The number of carbonyl (C=O) groups excluding carboxylic acids is 1. The predicted octanol–water partition coefficient (Wildman–Crippen LogP) is 1.90. The Balaban J connectivity index is 2.09. The van der Waals surface area contributed by atoms with Crippen LogP contribution in [-0.2, 0) is 11.3 Å². The van der Waals surface area contributed by atoms with Crippen LogP contribution in [0.4, 0.5) is 13.2 Å². The van der Waals surface area contributed by atoms with E-state index in [0.717, 1.165) is 5.56 Å². The third-order valence-electron chi connectivity index (χ3n) is 2.53. The van der Waals surface area contributed by atoms with E-state index in [0.29, 0.717) is 17.1 Å². The molecule has 0 fully saturated rings. The average molecular weight is 261 g/mol. The number of aryl methyl sites for hydroxylation is 1. The van der Waals surface area contributed by atoms with Crippen LogP contribution < -0.4 is 14.8 Å². The van der Waals surface area contributed by atoms with Crippen LogP contribution in [0.2, 0.25) is 0 Å². The van der Waals surface area contributed by atoms with Crippen molar-refractivity contribution in [2.45, 2.75) is 19.6 Å². The number of nitrogens with one attached hydrogen (secondary N) is 1. The van der Waals surface area contributed by atoms with Crippen molar-refractivity contribution in [2.75, 3.05) is 6.79 Å². The van der Waals surface area contributed by atoms with Crippen LogP contribution in [0, 0.1) is 6.92 Å². The molecule has 1 aromatic carbocycles. The van der Waals surface area contributed by atoms with Gasteiger partial charge in [-0.05, 0) is 30.2 Å². The van der Waals surface area contributed by atoms with Crippen molar-refractivity contribution in [1.29, 1.82) is 0 Å². The molecule has 7 heteroatoms. The molecule has 0 spiro atoms. The number of halogens is 3. The Bertz CT molecular complexity index is 485. The van der Waals surface area contributed by atoms with Crippen LogP contribution in [-0.4, -0.2) is 18.9 Å². The van der Waals surface area contributed by atoms with Crippen molar-refractivity contribution in [2.24, 2.45) is 0 Å². The molecule has 18 heavy (non-hydrogen) atoms. The van der Waals surface area contributed by atoms with Crippen molar-refractivity contribution < 1.29 is 27.4 Å². The van der Waals surface area contributed by atoms with E-state index in [1.807, 2.05) is 5.32 Å². The molecule has 0 saturated carbocycles. The van der Waals surface area contributed by atoms with E-state index < -0.39 is 12.1 Å². The number of fused-ring (bicyclic) bond motifs is 1. The summed E-state index contributed by atoms with van der Waals surface area (Å²) < 4.78 is 46.3. The third-order valence-corrected chi connectivity index (χ3v) is 2.53. The monoisotopic (exact) mass is 261 g/mol. The molecular weight excluding hydrogens is 251 g/mol. The molecule has 98 valence electrons. The van der Waals surface area contributed by atoms with Gasteiger partial charge in [-0.15, -0.1) is 0 Å². The van der Waals surface area contributed by atoms with Gasteiger partial charge in [-0.2, -0.15) is 13.2 Å². The molecule has 0 aromatic heterocycles. The predicted molar refractivity (Wildman–Crippen MR) is 55.2 cm³/mol. The van der Waals surface area contributed by atoms with E-state index >= 15 is 0 Å². The molecule has 1 amide bonds. The van der Waals surface area contributed by atoms with Crippen molar-refractivity contribution >= 4 is 5.91 Å². The zero-order valence-electron chi connectivity index (χ0n) is 9.43. The fraction of sp³-hybridized carbons (Fsp3) is 0.364. The Morgan fingerprint density at radius 2 is 1.94 bits per heavy atom. The number of ether oxygens (including phenoxy) is 2. The van der Waals surface area contributed by atoms with E-state index in [9.17, 15) is 18.0 Å². The highest BCUT2D eigenvalue weighted by atomic mass is 19.4. The van der Waals surface area contributed by atoms with Gasteiger partial charge in [-0.25, -0.2) is 0 Å². The maximum atomic E-state index is 12.0. The number of rotatable bonds is 2. The van der Waals surface area contributed by atoms with Gasteiger partial charge in [0.25, 0.3) is 0 Å². The summed E-state index contributed by atoms with van der Waals surface area (Å²) in [6.07, 6.45) is -4.87. The van der Waals surface area contributed by atoms with Crippen LogP contribution in [0.3, 0.4) is 0 Å². The molecule has 1 N–H and O–H groups in total. The number of carbonyl (C=O) groups is 1. The Hall–Kier alpha value is -1.92. The van der Waals surface area contributed by atoms with Crippen molar-refractivity contribution in [3.05, 3.63) is 23.3 Å². The first-order chi connectivity index (χ1) is 8.38. The highest BCUT2D eigenvalue weighted by molar-refractivity contribution is 5.81. The minimum atomic E-state index is -4.87. The molecule has 0 atom stereocenters. The fourth-order valence-corrected chi connectivity index (χ4v) is 1.55. The summed E-state index contributed by atoms with van der Waals surface area (Å²) in [5, 5.41) is 1.81. The van der Waals surface area contributed by atoms with Crippen LogP contribution in [0.25, 0.3) is 0 Å². The van der Waals surface area contributed by atoms with Crippen molar-refractivity contribution in [3.63, 3.8) is 0 Å². The summed E-state index contributed by atoms with van der Waals surface area (Å²) in [4.78, 5) is 10.7. The van der Waals surface area contributed by atoms with Gasteiger partial charge in [0.05, 0.1) is 0 Å². The van der Waals surface area contributed by atoms with Gasteiger partial charge >= 0.3 is 12.1 Å². The van der Waals surface area contributed by atoms with Gasteiger partial charge in [0.15, 0.2) is 11.5 Å². The van der Waals surface area contributed by atoms with E-state index in [4.69, 9.17) is 9.47 Å². The van der Waals surface area contributed by atoms with Crippen LogP contribution in [0.15, 0.2) is 12.1 Å². The molecule has 0 aliphatic carbocycles. The Kier molecular flexibility index (Phi) is 3.06. The third kappa shape index (κ3) is 2.49. The van der Waals surface area contributed by atoms with E-state index in [2.05, 4.69) is 0 Å². The number of alkyl halides is 3. The molecule has 0 bridgehead atoms. The zero-order valence-corrected chi connectivity index (χ0v) is 9.43. The lowest BCUT2D eigenvalue weighted by Crippen LogP contribution is -2.36. The van der Waals surface area contributed by atoms with E-state index in [1.54, 1.807) is 19.1 Å². The first kappa shape index (κ1) is 12.5. The lowest BCUT2D eigenvalue weighted by atomic mass is 10.1.